The molecule has 0 bridgehead atoms. The molecule has 0 aliphatic carbocycles. The number of urea groups is 1. The molecule has 9 heteroatoms. The highest BCUT2D eigenvalue weighted by molar-refractivity contribution is 6.07. The summed E-state index contributed by atoms with van der Waals surface area (Å²) in [7, 11) is 0. The highest BCUT2D eigenvalue weighted by Crippen LogP contribution is 2.32. The molecule has 1 atom stereocenters. The van der Waals surface area contributed by atoms with E-state index in [1.54, 1.807) is 0 Å². The van der Waals surface area contributed by atoms with Crippen molar-refractivity contribution in [2.45, 2.75) is 38.8 Å². The molecule has 1 N–H and O–H groups in total. The molecule has 2 heterocycles. The molecule has 4 rings (SSSR count). The van der Waals surface area contributed by atoms with E-state index in [1.807, 2.05) is 24.3 Å². The first-order chi connectivity index (χ1) is 14.7. The number of benzene rings is 2. The van der Waals surface area contributed by atoms with E-state index >= 15 is 0 Å². The quantitative estimate of drug-likeness (QED) is 0.621. The van der Waals surface area contributed by atoms with Gasteiger partial charge in [-0.2, -0.15) is 4.98 Å². The Morgan fingerprint density at radius 2 is 1.84 bits per heavy atom. The Hall–Kier alpha value is -3.62. The molecule has 31 heavy (non-hydrogen) atoms. The van der Waals surface area contributed by atoms with Gasteiger partial charge in [0.15, 0.2) is 0 Å². The second-order valence-electron chi connectivity index (χ2n) is 7.86. The summed E-state index contributed by atoms with van der Waals surface area (Å²) in [6.45, 7) is 5.26. The number of carbonyl (C=O) groups is 2. The largest absolute Gasteiger partial charge is 0.337 e. The molecule has 2 aromatic carbocycles. The molecule has 7 nitrogen and oxygen atoms in total. The summed E-state index contributed by atoms with van der Waals surface area (Å²) in [5.74, 6) is -1.65. The van der Waals surface area contributed by atoms with Gasteiger partial charge in [0.2, 0.25) is 11.7 Å². The minimum Gasteiger partial charge on any atom is -0.337 e. The van der Waals surface area contributed by atoms with Crippen LogP contribution >= 0.6 is 0 Å². The van der Waals surface area contributed by atoms with Crippen molar-refractivity contribution < 1.29 is 22.9 Å². The fraction of sp³-hybridized carbons (Fsp3) is 0.273. The van der Waals surface area contributed by atoms with Crippen LogP contribution in [0.4, 0.5) is 13.6 Å². The third-order valence-electron chi connectivity index (χ3n) is 5.34. The second-order valence-corrected chi connectivity index (χ2v) is 7.86. The average molecular weight is 426 g/mol. The van der Waals surface area contributed by atoms with E-state index in [-0.39, 0.29) is 18.0 Å². The molecule has 3 aromatic rings. The van der Waals surface area contributed by atoms with Gasteiger partial charge in [-0.3, -0.25) is 9.69 Å². The smallest absolute Gasteiger partial charge is 0.325 e. The van der Waals surface area contributed by atoms with Gasteiger partial charge in [0.05, 0.1) is 0 Å². The van der Waals surface area contributed by atoms with E-state index < -0.39 is 29.1 Å². The van der Waals surface area contributed by atoms with Crippen LogP contribution < -0.4 is 5.32 Å². The first-order valence-corrected chi connectivity index (χ1v) is 9.71. The molecule has 1 aromatic heterocycles. The number of carbonyl (C=O) groups excluding carboxylic acids is 2. The molecule has 0 unspecified atom stereocenters. The van der Waals surface area contributed by atoms with E-state index in [4.69, 9.17) is 4.52 Å². The average Bonchev–Trinajstić information content (AvgIpc) is 3.27. The predicted molar refractivity (Wildman–Crippen MR) is 107 cm³/mol. The van der Waals surface area contributed by atoms with Crippen LogP contribution in [0.15, 0.2) is 47.0 Å². The van der Waals surface area contributed by atoms with Crippen molar-refractivity contribution in [2.24, 2.45) is 0 Å². The lowest BCUT2D eigenvalue weighted by Gasteiger charge is -2.22. The summed E-state index contributed by atoms with van der Waals surface area (Å²) in [6.07, 6.45) is 0. The van der Waals surface area contributed by atoms with E-state index in [0.29, 0.717) is 17.8 Å². The van der Waals surface area contributed by atoms with Crippen molar-refractivity contribution in [1.82, 2.24) is 20.4 Å². The van der Waals surface area contributed by atoms with E-state index in [2.05, 4.69) is 29.3 Å². The second kappa shape index (κ2) is 7.57. The molecule has 1 fully saturated rings. The van der Waals surface area contributed by atoms with Gasteiger partial charge in [-0.15, -0.1) is 0 Å². The highest BCUT2D eigenvalue weighted by Gasteiger charge is 2.50. The zero-order valence-corrected chi connectivity index (χ0v) is 17.1. The first-order valence-electron chi connectivity index (χ1n) is 9.71. The zero-order valence-electron chi connectivity index (χ0n) is 17.1. The molecule has 0 radical (unpaired) electrons. The van der Waals surface area contributed by atoms with Crippen molar-refractivity contribution in [3.05, 3.63) is 71.1 Å². The van der Waals surface area contributed by atoms with Crippen molar-refractivity contribution >= 4 is 11.9 Å². The fourth-order valence-electron chi connectivity index (χ4n) is 3.51. The minimum absolute atomic E-state index is 0.0512. The van der Waals surface area contributed by atoms with Crippen molar-refractivity contribution in [3.63, 3.8) is 0 Å². The number of rotatable bonds is 5. The summed E-state index contributed by atoms with van der Waals surface area (Å²) < 4.78 is 32.7. The molecule has 1 aliphatic heterocycles. The van der Waals surface area contributed by atoms with Crippen LogP contribution in [0.3, 0.4) is 0 Å². The third kappa shape index (κ3) is 3.67. The maximum absolute atomic E-state index is 14.3. The number of halogens is 2. The van der Waals surface area contributed by atoms with Crippen molar-refractivity contribution in [3.8, 4) is 11.4 Å². The third-order valence-corrected chi connectivity index (χ3v) is 5.34. The normalized spacial score (nSPS) is 18.7. The SMILES string of the molecule is CC(C)c1ccc(-c2noc(CN3C(=O)N[C@@](C)(c4ccc(F)cc4F)C3=O)n2)cc1. The van der Waals surface area contributed by atoms with Crippen molar-refractivity contribution in [1.29, 1.82) is 0 Å². The van der Waals surface area contributed by atoms with E-state index in [9.17, 15) is 18.4 Å². The fourth-order valence-corrected chi connectivity index (χ4v) is 3.51. The zero-order chi connectivity index (χ0) is 22.3. The van der Waals surface area contributed by atoms with Crippen LogP contribution in [0.2, 0.25) is 0 Å². The maximum Gasteiger partial charge on any atom is 0.325 e. The molecule has 3 amide bonds. The van der Waals surface area contributed by atoms with E-state index in [1.165, 1.54) is 12.5 Å². The number of nitrogens with zero attached hydrogens (tertiary/aromatic N) is 3. The molecule has 160 valence electrons. The van der Waals surface area contributed by atoms with Gasteiger partial charge >= 0.3 is 6.03 Å². The van der Waals surface area contributed by atoms with Crippen LogP contribution in [0.25, 0.3) is 11.4 Å². The van der Waals surface area contributed by atoms with Gasteiger partial charge < -0.3 is 9.84 Å². The molecule has 0 saturated carbocycles. The van der Waals surface area contributed by atoms with Crippen LogP contribution in [-0.4, -0.2) is 27.0 Å². The molecule has 1 aliphatic rings. The molecule has 1 saturated heterocycles. The summed E-state index contributed by atoms with van der Waals surface area (Å²) in [5, 5.41) is 6.38. The topological polar surface area (TPSA) is 88.3 Å². The van der Waals surface area contributed by atoms with Crippen molar-refractivity contribution in [2.75, 3.05) is 0 Å². The van der Waals surface area contributed by atoms with Gasteiger partial charge in [-0.05, 0) is 24.5 Å². The lowest BCUT2D eigenvalue weighted by molar-refractivity contribution is -0.131. The summed E-state index contributed by atoms with van der Waals surface area (Å²) >= 11 is 0. The summed E-state index contributed by atoms with van der Waals surface area (Å²) in [6, 6.07) is 9.76. The Balaban J connectivity index is 1.55. The van der Waals surface area contributed by atoms with Crippen LogP contribution in [0, 0.1) is 11.6 Å². The monoisotopic (exact) mass is 426 g/mol. The summed E-state index contributed by atoms with van der Waals surface area (Å²) in [5.41, 5.74) is 0.0878. The number of aromatic nitrogens is 2. The Morgan fingerprint density at radius 3 is 2.48 bits per heavy atom. The van der Waals surface area contributed by atoms with Gasteiger partial charge in [-0.1, -0.05) is 49.3 Å². The Morgan fingerprint density at radius 1 is 1.13 bits per heavy atom. The van der Waals surface area contributed by atoms with Gasteiger partial charge in [0.1, 0.15) is 23.7 Å². The molecular weight excluding hydrogens is 406 g/mol. The van der Waals surface area contributed by atoms with Gasteiger partial charge in [-0.25, -0.2) is 13.6 Å². The Kier molecular flexibility index (Phi) is 5.04. The van der Waals surface area contributed by atoms with Crippen LogP contribution in [0.1, 0.15) is 43.7 Å². The number of hydrogen-bond donors (Lipinski definition) is 1. The number of hydrogen-bond acceptors (Lipinski definition) is 5. The van der Waals surface area contributed by atoms with Gasteiger partial charge in [0, 0.05) is 17.2 Å². The van der Waals surface area contributed by atoms with Crippen LogP contribution in [-0.2, 0) is 16.9 Å². The minimum atomic E-state index is -1.68. The lowest BCUT2D eigenvalue weighted by Crippen LogP contribution is -2.41. The molecule has 0 spiro atoms. The number of imide groups is 1. The summed E-state index contributed by atoms with van der Waals surface area (Å²) in [4.78, 5) is 30.5. The maximum atomic E-state index is 14.3. The molecular formula is C22H20F2N4O3. The highest BCUT2D eigenvalue weighted by atomic mass is 19.1. The predicted octanol–water partition coefficient (Wildman–Crippen LogP) is 4.11. The Labute approximate surface area is 177 Å². The number of amides is 3. The first kappa shape index (κ1) is 20.6. The Bertz CT molecular complexity index is 1160. The van der Waals surface area contributed by atoms with E-state index in [0.717, 1.165) is 22.6 Å². The number of nitrogens with one attached hydrogen (secondary N) is 1. The van der Waals surface area contributed by atoms with Gasteiger partial charge in [0.25, 0.3) is 5.91 Å². The lowest BCUT2D eigenvalue weighted by atomic mass is 9.91. The standard InChI is InChI=1S/C22H20F2N4O3/c1-12(2)13-4-6-14(7-5-13)19-25-18(31-27-19)11-28-20(29)22(3,26-21(28)30)16-9-8-15(23)10-17(16)24/h4-10,12H,11H2,1-3H3,(H,26,30)/t22-/m0/s1. The van der Waals surface area contributed by atoms with Crippen LogP contribution in [0.5, 0.6) is 0 Å².